The van der Waals surface area contributed by atoms with Gasteiger partial charge < -0.3 is 10.1 Å². The van der Waals surface area contributed by atoms with E-state index in [4.69, 9.17) is 16.3 Å². The van der Waals surface area contributed by atoms with E-state index < -0.39 is 0 Å². The van der Waals surface area contributed by atoms with Crippen LogP contribution in [0.15, 0.2) is 18.2 Å². The summed E-state index contributed by atoms with van der Waals surface area (Å²) < 4.78 is 5.81. The molecule has 1 aromatic rings. The van der Waals surface area contributed by atoms with Crippen molar-refractivity contribution in [1.82, 2.24) is 0 Å². The molecule has 0 radical (unpaired) electrons. The van der Waals surface area contributed by atoms with Crippen LogP contribution in [0.2, 0.25) is 5.02 Å². The average molecular weight is 314 g/mol. The first kappa shape index (κ1) is 15.8. The number of hydrogen-bond donors (Lipinski definition) is 1. The smallest absolute Gasteiger partial charge is 0.142 e. The lowest BCUT2D eigenvalue weighted by Crippen LogP contribution is -2.35. The van der Waals surface area contributed by atoms with Crippen LogP contribution < -0.4 is 10.1 Å². The summed E-state index contributed by atoms with van der Waals surface area (Å²) in [5.74, 6) is 3.29. The molecule has 1 N–H and O–H groups in total. The summed E-state index contributed by atoms with van der Waals surface area (Å²) in [6, 6.07) is 6.29. The zero-order valence-corrected chi connectivity index (χ0v) is 14.1. The van der Waals surface area contributed by atoms with Crippen molar-refractivity contribution in [3.05, 3.63) is 23.2 Å². The van der Waals surface area contributed by atoms with E-state index >= 15 is 0 Å². The SMILES string of the molecule is CCCOc1ccc(Cl)cc1NC1CSCC(C)(C)C1. The fourth-order valence-electron chi connectivity index (χ4n) is 2.53. The molecular formula is C16H24ClNOS. The van der Waals surface area contributed by atoms with Gasteiger partial charge in [-0.15, -0.1) is 0 Å². The Morgan fingerprint density at radius 1 is 1.45 bits per heavy atom. The van der Waals surface area contributed by atoms with E-state index in [1.807, 2.05) is 30.0 Å². The van der Waals surface area contributed by atoms with E-state index in [1.54, 1.807) is 0 Å². The standard InChI is InChI=1S/C16H24ClNOS/c1-4-7-19-15-6-5-12(17)8-14(15)18-13-9-16(2,3)11-20-10-13/h5-6,8,13,18H,4,7,9-11H2,1-3H3. The molecule has 0 aliphatic carbocycles. The minimum Gasteiger partial charge on any atom is -0.491 e. The summed E-state index contributed by atoms with van der Waals surface area (Å²) in [6.07, 6.45) is 2.19. The van der Waals surface area contributed by atoms with Crippen LogP contribution in [0.3, 0.4) is 0 Å². The molecular weight excluding hydrogens is 290 g/mol. The van der Waals surface area contributed by atoms with E-state index in [2.05, 4.69) is 26.1 Å². The van der Waals surface area contributed by atoms with Gasteiger partial charge in [0.05, 0.1) is 12.3 Å². The molecule has 1 aliphatic heterocycles. The first-order valence-electron chi connectivity index (χ1n) is 7.27. The molecule has 1 saturated heterocycles. The second kappa shape index (κ2) is 6.95. The molecule has 112 valence electrons. The lowest BCUT2D eigenvalue weighted by molar-refractivity contribution is 0.317. The van der Waals surface area contributed by atoms with Gasteiger partial charge in [0.25, 0.3) is 0 Å². The van der Waals surface area contributed by atoms with Crippen LogP contribution in [0, 0.1) is 5.41 Å². The number of nitrogens with one attached hydrogen (secondary N) is 1. The molecule has 1 unspecified atom stereocenters. The molecule has 2 nitrogen and oxygen atoms in total. The lowest BCUT2D eigenvalue weighted by Gasteiger charge is -2.35. The summed E-state index contributed by atoms with van der Waals surface area (Å²) in [5.41, 5.74) is 1.41. The Balaban J connectivity index is 2.09. The first-order valence-corrected chi connectivity index (χ1v) is 8.80. The van der Waals surface area contributed by atoms with E-state index in [0.717, 1.165) is 35.2 Å². The lowest BCUT2D eigenvalue weighted by atomic mass is 9.88. The molecule has 1 heterocycles. The third-order valence-electron chi connectivity index (χ3n) is 3.37. The highest BCUT2D eigenvalue weighted by Crippen LogP contribution is 2.36. The predicted octanol–water partition coefficient (Wildman–Crippen LogP) is 5.07. The Hall–Kier alpha value is -0.540. The van der Waals surface area contributed by atoms with Crippen LogP contribution in [0.4, 0.5) is 5.69 Å². The number of rotatable bonds is 5. The first-order chi connectivity index (χ1) is 9.50. The van der Waals surface area contributed by atoms with Gasteiger partial charge in [0, 0.05) is 16.8 Å². The fraction of sp³-hybridized carbons (Fsp3) is 0.625. The minimum atomic E-state index is 0.392. The number of halogens is 1. The molecule has 1 aliphatic rings. The van der Waals surface area contributed by atoms with Gasteiger partial charge in [-0.25, -0.2) is 0 Å². The quantitative estimate of drug-likeness (QED) is 0.819. The van der Waals surface area contributed by atoms with Crippen LogP contribution >= 0.6 is 23.4 Å². The van der Waals surface area contributed by atoms with E-state index in [0.29, 0.717) is 11.5 Å². The Kier molecular flexibility index (Phi) is 5.50. The zero-order chi connectivity index (χ0) is 14.6. The third kappa shape index (κ3) is 4.49. The molecule has 0 bridgehead atoms. The van der Waals surface area contributed by atoms with Crippen LogP contribution in [-0.2, 0) is 0 Å². The van der Waals surface area contributed by atoms with E-state index in [1.165, 1.54) is 12.2 Å². The maximum Gasteiger partial charge on any atom is 0.142 e. The summed E-state index contributed by atoms with van der Waals surface area (Å²) in [6.45, 7) is 7.52. The molecule has 0 aromatic heterocycles. The minimum absolute atomic E-state index is 0.392. The zero-order valence-electron chi connectivity index (χ0n) is 12.5. The van der Waals surface area contributed by atoms with Crippen molar-refractivity contribution >= 4 is 29.1 Å². The summed E-state index contributed by atoms with van der Waals surface area (Å²) >= 11 is 8.14. The number of anilines is 1. The van der Waals surface area contributed by atoms with Gasteiger partial charge in [-0.2, -0.15) is 11.8 Å². The maximum absolute atomic E-state index is 6.12. The molecule has 0 saturated carbocycles. The largest absolute Gasteiger partial charge is 0.491 e. The van der Waals surface area contributed by atoms with Crippen molar-refractivity contribution in [3.8, 4) is 5.75 Å². The van der Waals surface area contributed by atoms with Gasteiger partial charge in [0.15, 0.2) is 0 Å². The Morgan fingerprint density at radius 3 is 2.95 bits per heavy atom. The number of benzene rings is 1. The van der Waals surface area contributed by atoms with Gasteiger partial charge in [0.2, 0.25) is 0 Å². The van der Waals surface area contributed by atoms with E-state index in [-0.39, 0.29) is 0 Å². The average Bonchev–Trinajstić information content (AvgIpc) is 2.37. The highest BCUT2D eigenvalue weighted by atomic mass is 35.5. The van der Waals surface area contributed by atoms with Gasteiger partial charge >= 0.3 is 0 Å². The molecule has 20 heavy (non-hydrogen) atoms. The molecule has 1 fully saturated rings. The highest BCUT2D eigenvalue weighted by molar-refractivity contribution is 7.99. The monoisotopic (exact) mass is 313 g/mol. The topological polar surface area (TPSA) is 21.3 Å². The van der Waals surface area contributed by atoms with Gasteiger partial charge in [-0.1, -0.05) is 32.4 Å². The Morgan fingerprint density at radius 2 is 2.25 bits per heavy atom. The summed E-state index contributed by atoms with van der Waals surface area (Å²) in [7, 11) is 0. The Bertz CT molecular complexity index is 450. The van der Waals surface area contributed by atoms with Gasteiger partial charge in [-0.3, -0.25) is 0 Å². The number of hydrogen-bond acceptors (Lipinski definition) is 3. The van der Waals surface area contributed by atoms with E-state index in [9.17, 15) is 0 Å². The van der Waals surface area contributed by atoms with Crippen molar-refractivity contribution in [1.29, 1.82) is 0 Å². The second-order valence-corrected chi connectivity index (χ2v) is 7.68. The second-order valence-electron chi connectivity index (χ2n) is 6.21. The number of thioether (sulfide) groups is 1. The summed E-state index contributed by atoms with van der Waals surface area (Å²) in [4.78, 5) is 0. The van der Waals surface area contributed by atoms with Crippen molar-refractivity contribution in [2.75, 3.05) is 23.4 Å². The predicted molar refractivity (Wildman–Crippen MR) is 90.4 cm³/mol. The fourth-order valence-corrected chi connectivity index (χ4v) is 3.97. The van der Waals surface area contributed by atoms with Crippen LogP contribution in [0.25, 0.3) is 0 Å². The van der Waals surface area contributed by atoms with Crippen molar-refractivity contribution < 1.29 is 4.74 Å². The normalized spacial score (nSPS) is 21.5. The maximum atomic E-state index is 6.12. The van der Waals surface area contributed by atoms with Crippen LogP contribution in [-0.4, -0.2) is 24.2 Å². The molecule has 0 spiro atoms. The van der Waals surface area contributed by atoms with Crippen LogP contribution in [0.5, 0.6) is 5.75 Å². The highest BCUT2D eigenvalue weighted by Gasteiger charge is 2.28. The third-order valence-corrected chi connectivity index (χ3v) is 5.23. The van der Waals surface area contributed by atoms with Gasteiger partial charge in [0.1, 0.15) is 5.75 Å². The molecule has 0 amide bonds. The van der Waals surface area contributed by atoms with Crippen molar-refractivity contribution in [3.63, 3.8) is 0 Å². The molecule has 1 aromatic carbocycles. The summed E-state index contributed by atoms with van der Waals surface area (Å²) in [5, 5.41) is 4.37. The van der Waals surface area contributed by atoms with Crippen LogP contribution in [0.1, 0.15) is 33.6 Å². The Labute approximate surface area is 131 Å². The molecule has 1 atom stereocenters. The molecule has 2 rings (SSSR count). The van der Waals surface area contributed by atoms with Crippen molar-refractivity contribution in [2.45, 2.75) is 39.7 Å². The van der Waals surface area contributed by atoms with Gasteiger partial charge in [-0.05, 0) is 42.2 Å². The van der Waals surface area contributed by atoms with Crippen molar-refractivity contribution in [2.24, 2.45) is 5.41 Å². The molecule has 4 heteroatoms. The number of ether oxygens (including phenoxy) is 1.